The molecule has 0 aromatic carbocycles. The van der Waals surface area contributed by atoms with Crippen molar-refractivity contribution < 1.29 is 24.8 Å². The fourth-order valence-electron chi connectivity index (χ4n) is 2.52. The number of aromatic nitrogens is 2. The van der Waals surface area contributed by atoms with Gasteiger partial charge in [0.1, 0.15) is 23.2 Å². The van der Waals surface area contributed by atoms with Crippen LogP contribution in [0.25, 0.3) is 0 Å². The lowest BCUT2D eigenvalue weighted by Gasteiger charge is -2.27. The number of hydrogen-bond acceptors (Lipinski definition) is 10. The average Bonchev–Trinajstić information content (AvgIpc) is 3.02. The molecule has 2 aliphatic heterocycles. The fourth-order valence-corrected chi connectivity index (χ4v) is 3.57. The van der Waals surface area contributed by atoms with Crippen molar-refractivity contribution in [3.63, 3.8) is 0 Å². The maximum Gasteiger partial charge on any atom is 0.234 e. The molecule has 1 aromatic heterocycles. The van der Waals surface area contributed by atoms with Gasteiger partial charge in [-0.05, 0) is 6.92 Å². The Bertz CT molecular complexity index is 563. The Balaban J connectivity index is 1.91. The minimum absolute atomic E-state index is 0.0569. The van der Waals surface area contributed by atoms with E-state index in [0.29, 0.717) is 29.1 Å². The number of hydrogen-bond donors (Lipinski definition) is 4. The van der Waals surface area contributed by atoms with E-state index in [2.05, 4.69) is 9.97 Å². The molecule has 0 radical (unpaired) electrons. The predicted octanol–water partition coefficient (Wildman–Crippen LogP) is -1.23. The molecule has 9 nitrogen and oxygen atoms in total. The molecule has 0 amide bonds. The minimum atomic E-state index is -1.16. The first-order valence-corrected chi connectivity index (χ1v) is 7.87. The number of nitrogen functional groups attached to an aromatic ring is 1. The molecule has 0 saturated carbocycles. The SMILES string of the molecule is CCOc1nc(N)nc2c1SCN2[C@@H]1O[C@H](CO)[C@@H](O)[C@H]1O. The van der Waals surface area contributed by atoms with Crippen molar-refractivity contribution >= 4 is 23.5 Å². The number of nitrogens with two attached hydrogens (primary N) is 1. The van der Waals surface area contributed by atoms with Crippen molar-refractivity contribution in [2.75, 3.05) is 29.7 Å². The smallest absolute Gasteiger partial charge is 0.234 e. The van der Waals surface area contributed by atoms with E-state index in [-0.39, 0.29) is 12.6 Å². The standard InChI is InChI=1S/C12H18N4O5S/c1-2-20-10-8-9(14-12(13)15-10)16(4-22-8)11-7(19)6(18)5(3-17)21-11/h5-7,11,17-19H,2-4H2,1H3,(H2,13,14,15)/t5-,6-,7-,11-/m1/s1. The van der Waals surface area contributed by atoms with E-state index in [0.717, 1.165) is 0 Å². The lowest BCUT2D eigenvalue weighted by molar-refractivity contribution is -0.0216. The van der Waals surface area contributed by atoms with Gasteiger partial charge >= 0.3 is 0 Å². The summed E-state index contributed by atoms with van der Waals surface area (Å²) in [6.07, 6.45) is -3.96. The Morgan fingerprint density at radius 2 is 2.18 bits per heavy atom. The van der Waals surface area contributed by atoms with Gasteiger partial charge in [-0.3, -0.25) is 0 Å². The largest absolute Gasteiger partial charge is 0.477 e. The van der Waals surface area contributed by atoms with Gasteiger partial charge in [0, 0.05) is 0 Å². The lowest BCUT2D eigenvalue weighted by atomic mass is 10.1. The third-order valence-electron chi connectivity index (χ3n) is 3.56. The van der Waals surface area contributed by atoms with Gasteiger partial charge in [-0.15, -0.1) is 0 Å². The Labute approximate surface area is 131 Å². The third kappa shape index (κ3) is 2.46. The molecule has 1 aromatic rings. The van der Waals surface area contributed by atoms with Crippen molar-refractivity contribution in [2.24, 2.45) is 0 Å². The van der Waals surface area contributed by atoms with Crippen LogP contribution >= 0.6 is 11.8 Å². The van der Waals surface area contributed by atoms with Crippen molar-refractivity contribution in [1.82, 2.24) is 9.97 Å². The van der Waals surface area contributed by atoms with Gasteiger partial charge in [-0.2, -0.15) is 9.97 Å². The molecule has 0 aliphatic carbocycles. The van der Waals surface area contributed by atoms with Crippen LogP contribution in [0.5, 0.6) is 5.88 Å². The molecule has 3 heterocycles. The molecule has 0 spiro atoms. The number of fused-ring (bicyclic) bond motifs is 1. The predicted molar refractivity (Wildman–Crippen MR) is 78.6 cm³/mol. The van der Waals surface area contributed by atoms with Crippen molar-refractivity contribution in [1.29, 1.82) is 0 Å². The number of aliphatic hydroxyl groups excluding tert-OH is 3. The minimum Gasteiger partial charge on any atom is -0.477 e. The summed E-state index contributed by atoms with van der Waals surface area (Å²) in [7, 11) is 0. The van der Waals surface area contributed by atoms with E-state index in [1.54, 1.807) is 4.90 Å². The molecule has 0 unspecified atom stereocenters. The van der Waals surface area contributed by atoms with Crippen LogP contribution in [0, 0.1) is 0 Å². The van der Waals surface area contributed by atoms with Crippen LogP contribution < -0.4 is 15.4 Å². The molecule has 5 N–H and O–H groups in total. The van der Waals surface area contributed by atoms with Gasteiger partial charge in [0.2, 0.25) is 11.8 Å². The monoisotopic (exact) mass is 330 g/mol. The van der Waals surface area contributed by atoms with Crippen molar-refractivity contribution in [3.8, 4) is 5.88 Å². The highest BCUT2D eigenvalue weighted by Crippen LogP contribution is 2.45. The van der Waals surface area contributed by atoms with E-state index < -0.39 is 24.5 Å². The van der Waals surface area contributed by atoms with Gasteiger partial charge < -0.3 is 35.4 Å². The molecule has 3 rings (SSSR count). The van der Waals surface area contributed by atoms with E-state index in [9.17, 15) is 15.3 Å². The molecule has 1 fully saturated rings. The summed E-state index contributed by atoms with van der Waals surface area (Å²) in [4.78, 5) is 10.7. The van der Waals surface area contributed by atoms with Crippen LogP contribution in [0.3, 0.4) is 0 Å². The van der Waals surface area contributed by atoms with E-state index in [1.807, 2.05) is 6.92 Å². The molecule has 1 saturated heterocycles. The maximum absolute atomic E-state index is 10.1. The molecule has 0 bridgehead atoms. The van der Waals surface area contributed by atoms with Crippen LogP contribution in [0.2, 0.25) is 0 Å². The second-order valence-electron chi connectivity index (χ2n) is 4.94. The summed E-state index contributed by atoms with van der Waals surface area (Å²) >= 11 is 1.44. The first-order valence-electron chi connectivity index (χ1n) is 6.89. The highest BCUT2D eigenvalue weighted by molar-refractivity contribution is 8.00. The number of thioether (sulfide) groups is 1. The number of aliphatic hydroxyl groups is 3. The van der Waals surface area contributed by atoms with Crippen LogP contribution in [0.4, 0.5) is 11.8 Å². The Kier molecular flexibility index (Phi) is 4.28. The van der Waals surface area contributed by atoms with Gasteiger partial charge in [-0.1, -0.05) is 11.8 Å². The maximum atomic E-state index is 10.1. The zero-order chi connectivity index (χ0) is 15.9. The van der Waals surface area contributed by atoms with Gasteiger partial charge in [0.05, 0.1) is 19.1 Å². The quantitative estimate of drug-likeness (QED) is 0.531. The first-order chi connectivity index (χ1) is 10.6. The average molecular weight is 330 g/mol. The number of ether oxygens (including phenoxy) is 2. The second kappa shape index (κ2) is 6.05. The van der Waals surface area contributed by atoms with Crippen LogP contribution in [-0.2, 0) is 4.74 Å². The number of rotatable bonds is 4. The zero-order valence-electron chi connectivity index (χ0n) is 11.9. The molecule has 22 heavy (non-hydrogen) atoms. The van der Waals surface area contributed by atoms with E-state index in [1.165, 1.54) is 11.8 Å². The van der Waals surface area contributed by atoms with Crippen LogP contribution in [-0.4, -0.2) is 68.9 Å². The molecule has 2 aliphatic rings. The first kappa shape index (κ1) is 15.6. The third-order valence-corrected chi connectivity index (χ3v) is 4.61. The zero-order valence-corrected chi connectivity index (χ0v) is 12.7. The topological polar surface area (TPSA) is 134 Å². The second-order valence-corrected chi connectivity index (χ2v) is 5.90. The summed E-state index contributed by atoms with van der Waals surface area (Å²) in [5.74, 6) is 1.39. The Morgan fingerprint density at radius 1 is 1.41 bits per heavy atom. The van der Waals surface area contributed by atoms with Crippen molar-refractivity contribution in [2.45, 2.75) is 36.4 Å². The van der Waals surface area contributed by atoms with Crippen LogP contribution in [0.1, 0.15) is 6.92 Å². The normalized spacial score (nSPS) is 30.6. The van der Waals surface area contributed by atoms with E-state index in [4.69, 9.17) is 15.2 Å². The van der Waals surface area contributed by atoms with Gasteiger partial charge in [-0.25, -0.2) is 0 Å². The fraction of sp³-hybridized carbons (Fsp3) is 0.667. The number of nitrogens with zero attached hydrogens (tertiary/aromatic N) is 3. The Morgan fingerprint density at radius 3 is 2.82 bits per heavy atom. The highest BCUT2D eigenvalue weighted by Gasteiger charge is 2.47. The summed E-state index contributed by atoms with van der Waals surface area (Å²) in [5, 5.41) is 29.2. The lowest BCUT2D eigenvalue weighted by Crippen LogP contribution is -2.43. The van der Waals surface area contributed by atoms with Crippen LogP contribution in [0.15, 0.2) is 4.90 Å². The summed E-state index contributed by atoms with van der Waals surface area (Å²) < 4.78 is 11.0. The van der Waals surface area contributed by atoms with Crippen molar-refractivity contribution in [3.05, 3.63) is 0 Å². The summed E-state index contributed by atoms with van der Waals surface area (Å²) in [5.41, 5.74) is 5.71. The molecule has 4 atom stereocenters. The highest BCUT2D eigenvalue weighted by atomic mass is 32.2. The summed E-state index contributed by atoms with van der Waals surface area (Å²) in [6, 6.07) is 0. The van der Waals surface area contributed by atoms with Gasteiger partial charge in [0.15, 0.2) is 12.0 Å². The van der Waals surface area contributed by atoms with Gasteiger partial charge in [0.25, 0.3) is 0 Å². The van der Waals surface area contributed by atoms with E-state index >= 15 is 0 Å². The number of anilines is 2. The summed E-state index contributed by atoms with van der Waals surface area (Å²) in [6.45, 7) is 1.91. The molecule has 122 valence electrons. The molecule has 10 heteroatoms. The molecular weight excluding hydrogens is 312 g/mol. The molecular formula is C12H18N4O5S. The Hall–Kier alpha value is -1.33.